The van der Waals surface area contributed by atoms with E-state index in [-0.39, 0.29) is 29.1 Å². The SMILES string of the molecule is COC(=O)c1cc(C2CC2)nc2c1c(=O)n(Cc1ccc(C)cc1)c(=O)n2-c1ccccc1. The second-order valence-corrected chi connectivity index (χ2v) is 8.39. The maximum atomic E-state index is 13.7. The van der Waals surface area contributed by atoms with Crippen molar-refractivity contribution in [3.05, 3.63) is 104 Å². The summed E-state index contributed by atoms with van der Waals surface area (Å²) in [6.07, 6.45) is 1.92. The Morgan fingerprint density at radius 2 is 1.76 bits per heavy atom. The number of carbonyl (C=O) groups is 1. The summed E-state index contributed by atoms with van der Waals surface area (Å²) in [5.74, 6) is -0.409. The Hall–Kier alpha value is -4.00. The van der Waals surface area contributed by atoms with Crippen molar-refractivity contribution in [2.24, 2.45) is 0 Å². The molecule has 166 valence electrons. The van der Waals surface area contributed by atoms with Crippen molar-refractivity contribution in [3.63, 3.8) is 0 Å². The molecule has 0 saturated heterocycles. The highest BCUT2D eigenvalue weighted by atomic mass is 16.5. The number of hydrogen-bond donors (Lipinski definition) is 0. The number of esters is 1. The van der Waals surface area contributed by atoms with Crippen LogP contribution in [0.3, 0.4) is 0 Å². The molecule has 2 heterocycles. The first-order valence-electron chi connectivity index (χ1n) is 10.9. The number of carbonyl (C=O) groups excluding carboxylic acids is 1. The lowest BCUT2D eigenvalue weighted by Gasteiger charge is -2.16. The van der Waals surface area contributed by atoms with Gasteiger partial charge in [-0.1, -0.05) is 48.0 Å². The molecule has 0 unspecified atom stereocenters. The molecule has 0 radical (unpaired) electrons. The number of aryl methyl sites for hydroxylation is 1. The summed E-state index contributed by atoms with van der Waals surface area (Å²) in [7, 11) is 1.28. The molecule has 2 aromatic heterocycles. The fraction of sp³-hybridized carbons (Fsp3) is 0.231. The van der Waals surface area contributed by atoms with Crippen LogP contribution in [-0.4, -0.2) is 27.2 Å². The first kappa shape index (κ1) is 20.9. The van der Waals surface area contributed by atoms with E-state index in [1.807, 2.05) is 49.4 Å². The molecule has 1 aliphatic rings. The predicted octanol–water partition coefficient (Wildman–Crippen LogP) is 3.57. The molecular formula is C26H23N3O4. The van der Waals surface area contributed by atoms with Gasteiger partial charge in [0.15, 0.2) is 5.65 Å². The van der Waals surface area contributed by atoms with Gasteiger partial charge in [-0.25, -0.2) is 19.1 Å². The molecule has 0 spiro atoms. The Kier molecular flexibility index (Phi) is 5.17. The number of pyridine rings is 1. The number of hydrogen-bond acceptors (Lipinski definition) is 5. The summed E-state index contributed by atoms with van der Waals surface area (Å²) >= 11 is 0. The minimum atomic E-state index is -0.624. The summed E-state index contributed by atoms with van der Waals surface area (Å²) in [5, 5.41) is 0.0850. The van der Waals surface area contributed by atoms with Gasteiger partial charge in [0.25, 0.3) is 5.56 Å². The van der Waals surface area contributed by atoms with E-state index < -0.39 is 17.2 Å². The van der Waals surface area contributed by atoms with Crippen molar-refractivity contribution in [3.8, 4) is 5.69 Å². The van der Waals surface area contributed by atoms with Crippen LogP contribution in [0.15, 0.2) is 70.3 Å². The van der Waals surface area contributed by atoms with Crippen LogP contribution in [0.4, 0.5) is 0 Å². The van der Waals surface area contributed by atoms with Crippen LogP contribution in [0.1, 0.15) is 45.9 Å². The molecule has 0 atom stereocenters. The lowest BCUT2D eigenvalue weighted by Crippen LogP contribution is -2.40. The Labute approximate surface area is 189 Å². The molecule has 0 aliphatic heterocycles. The average Bonchev–Trinajstić information content (AvgIpc) is 3.68. The van der Waals surface area contributed by atoms with Crippen LogP contribution in [0.25, 0.3) is 16.7 Å². The van der Waals surface area contributed by atoms with E-state index in [1.165, 1.54) is 11.7 Å². The molecule has 7 nitrogen and oxygen atoms in total. The zero-order valence-electron chi connectivity index (χ0n) is 18.4. The van der Waals surface area contributed by atoms with E-state index in [2.05, 4.69) is 0 Å². The monoisotopic (exact) mass is 441 g/mol. The topological polar surface area (TPSA) is 83.2 Å². The largest absolute Gasteiger partial charge is 0.465 e. The first-order valence-corrected chi connectivity index (χ1v) is 10.9. The number of ether oxygens (including phenoxy) is 1. The van der Waals surface area contributed by atoms with Crippen molar-refractivity contribution >= 4 is 17.0 Å². The third kappa shape index (κ3) is 3.75. The Morgan fingerprint density at radius 3 is 2.39 bits per heavy atom. The highest BCUT2D eigenvalue weighted by Crippen LogP contribution is 2.40. The molecule has 0 N–H and O–H groups in total. The first-order chi connectivity index (χ1) is 16.0. The van der Waals surface area contributed by atoms with Crippen LogP contribution in [0, 0.1) is 6.92 Å². The van der Waals surface area contributed by atoms with E-state index in [0.717, 1.165) is 28.5 Å². The van der Waals surface area contributed by atoms with Gasteiger partial charge >= 0.3 is 11.7 Å². The minimum absolute atomic E-state index is 0.0751. The van der Waals surface area contributed by atoms with Gasteiger partial charge in [-0.2, -0.15) is 0 Å². The Morgan fingerprint density at radius 1 is 1.06 bits per heavy atom. The number of aromatic nitrogens is 3. The lowest BCUT2D eigenvalue weighted by atomic mass is 10.1. The summed E-state index contributed by atoms with van der Waals surface area (Å²) < 4.78 is 7.58. The van der Waals surface area contributed by atoms with Gasteiger partial charge in [0.05, 0.1) is 30.3 Å². The van der Waals surface area contributed by atoms with E-state index in [9.17, 15) is 14.4 Å². The molecule has 1 saturated carbocycles. The normalized spacial score (nSPS) is 13.3. The fourth-order valence-corrected chi connectivity index (χ4v) is 4.04. The molecule has 5 rings (SSSR count). The number of benzene rings is 2. The number of fused-ring (bicyclic) bond motifs is 1. The second-order valence-electron chi connectivity index (χ2n) is 8.39. The van der Waals surface area contributed by atoms with Crippen molar-refractivity contribution in [1.29, 1.82) is 0 Å². The molecule has 7 heteroatoms. The van der Waals surface area contributed by atoms with Crippen LogP contribution in [0.5, 0.6) is 0 Å². The highest BCUT2D eigenvalue weighted by molar-refractivity contribution is 6.02. The van der Waals surface area contributed by atoms with Crippen molar-refractivity contribution in [2.45, 2.75) is 32.2 Å². The molecule has 0 bridgehead atoms. The third-order valence-corrected chi connectivity index (χ3v) is 5.99. The molecular weight excluding hydrogens is 418 g/mol. The van der Waals surface area contributed by atoms with E-state index in [1.54, 1.807) is 18.2 Å². The van der Waals surface area contributed by atoms with Crippen molar-refractivity contribution in [2.75, 3.05) is 7.11 Å². The maximum Gasteiger partial charge on any atom is 0.338 e. The number of rotatable bonds is 5. The van der Waals surface area contributed by atoms with Gasteiger partial charge in [0.2, 0.25) is 0 Å². The molecule has 1 fully saturated rings. The number of methoxy groups -OCH3 is 1. The second kappa shape index (κ2) is 8.16. The number of para-hydroxylation sites is 1. The molecule has 33 heavy (non-hydrogen) atoms. The Balaban J connectivity index is 1.87. The predicted molar refractivity (Wildman–Crippen MR) is 125 cm³/mol. The van der Waals surface area contributed by atoms with E-state index in [0.29, 0.717) is 11.4 Å². The summed E-state index contributed by atoms with van der Waals surface area (Å²) in [6.45, 7) is 2.05. The van der Waals surface area contributed by atoms with Crippen LogP contribution >= 0.6 is 0 Å². The summed E-state index contributed by atoms with van der Waals surface area (Å²) in [4.78, 5) is 44.8. The van der Waals surface area contributed by atoms with Gasteiger partial charge < -0.3 is 4.74 Å². The van der Waals surface area contributed by atoms with Gasteiger partial charge in [0, 0.05) is 11.6 Å². The highest BCUT2D eigenvalue weighted by Gasteiger charge is 2.30. The molecule has 0 amide bonds. The molecule has 1 aliphatic carbocycles. The van der Waals surface area contributed by atoms with Gasteiger partial charge in [-0.05, 0) is 43.5 Å². The van der Waals surface area contributed by atoms with Crippen LogP contribution in [-0.2, 0) is 11.3 Å². The molecule has 4 aromatic rings. The van der Waals surface area contributed by atoms with Crippen molar-refractivity contribution in [1.82, 2.24) is 14.1 Å². The van der Waals surface area contributed by atoms with Crippen LogP contribution in [0.2, 0.25) is 0 Å². The minimum Gasteiger partial charge on any atom is -0.465 e. The van der Waals surface area contributed by atoms with Gasteiger partial charge in [0.1, 0.15) is 0 Å². The summed E-state index contributed by atoms with van der Waals surface area (Å²) in [6, 6.07) is 18.3. The van der Waals surface area contributed by atoms with E-state index >= 15 is 0 Å². The van der Waals surface area contributed by atoms with E-state index in [4.69, 9.17) is 9.72 Å². The van der Waals surface area contributed by atoms with Gasteiger partial charge in [-0.3, -0.25) is 9.36 Å². The third-order valence-electron chi connectivity index (χ3n) is 5.99. The number of nitrogens with zero attached hydrogens (tertiary/aromatic N) is 3. The lowest BCUT2D eigenvalue weighted by molar-refractivity contribution is 0.0602. The molecule has 2 aromatic carbocycles. The van der Waals surface area contributed by atoms with Gasteiger partial charge in [-0.15, -0.1) is 0 Å². The standard InChI is InChI=1S/C26H23N3O4/c1-16-8-10-17(11-9-16)15-28-24(30)22-20(25(31)33-2)14-21(18-12-13-18)27-23(22)29(26(28)32)19-6-4-3-5-7-19/h3-11,14,18H,12-13,15H2,1-2H3. The van der Waals surface area contributed by atoms with Crippen molar-refractivity contribution < 1.29 is 9.53 Å². The zero-order chi connectivity index (χ0) is 23.1. The smallest absolute Gasteiger partial charge is 0.338 e. The Bertz CT molecular complexity index is 1480. The quantitative estimate of drug-likeness (QED) is 0.442. The average molecular weight is 441 g/mol. The fourth-order valence-electron chi connectivity index (χ4n) is 4.04. The zero-order valence-corrected chi connectivity index (χ0v) is 18.4. The summed E-state index contributed by atoms with van der Waals surface area (Å²) in [5.41, 5.74) is 2.41. The van der Waals surface area contributed by atoms with Crippen LogP contribution < -0.4 is 11.2 Å². The maximum absolute atomic E-state index is 13.7.